The summed E-state index contributed by atoms with van der Waals surface area (Å²) in [6.07, 6.45) is 1.72. The van der Waals surface area contributed by atoms with Crippen molar-refractivity contribution < 1.29 is 14.6 Å². The van der Waals surface area contributed by atoms with Gasteiger partial charge < -0.3 is 25.2 Å². The first kappa shape index (κ1) is 21.3. The summed E-state index contributed by atoms with van der Waals surface area (Å²) in [6, 6.07) is 12.8. The monoisotopic (exact) mass is 409 g/mol. The molecule has 0 spiro atoms. The molecule has 3 aromatic rings. The lowest BCUT2D eigenvalue weighted by atomic mass is 10.1. The molecule has 3 N–H and O–H groups in total. The van der Waals surface area contributed by atoms with E-state index in [2.05, 4.69) is 25.6 Å². The van der Waals surface area contributed by atoms with Gasteiger partial charge in [0.1, 0.15) is 17.3 Å². The molecule has 0 saturated heterocycles. The molecule has 2 aromatic heterocycles. The highest BCUT2D eigenvalue weighted by Crippen LogP contribution is 2.29. The van der Waals surface area contributed by atoms with E-state index in [-0.39, 0.29) is 18.6 Å². The predicted molar refractivity (Wildman–Crippen MR) is 117 cm³/mol. The molecule has 8 nitrogen and oxygen atoms in total. The van der Waals surface area contributed by atoms with Crippen LogP contribution in [0, 0.1) is 5.92 Å². The fourth-order valence-electron chi connectivity index (χ4n) is 2.84. The molecular formula is C22H27N5O3. The Morgan fingerprint density at radius 1 is 0.967 bits per heavy atom. The van der Waals surface area contributed by atoms with Gasteiger partial charge in [-0.2, -0.15) is 4.98 Å². The van der Waals surface area contributed by atoms with Gasteiger partial charge in [0.2, 0.25) is 5.95 Å². The predicted octanol–water partition coefficient (Wildman–Crippen LogP) is 3.73. The number of anilines is 3. The maximum atomic E-state index is 9.69. The summed E-state index contributed by atoms with van der Waals surface area (Å²) >= 11 is 0. The van der Waals surface area contributed by atoms with Crippen molar-refractivity contribution in [1.29, 1.82) is 0 Å². The Morgan fingerprint density at radius 3 is 2.27 bits per heavy atom. The Morgan fingerprint density at radius 2 is 1.70 bits per heavy atom. The smallest absolute Gasteiger partial charge is 0.225 e. The number of aliphatic hydroxyl groups is 1. The van der Waals surface area contributed by atoms with Crippen LogP contribution in [0.15, 0.2) is 48.7 Å². The number of benzene rings is 1. The van der Waals surface area contributed by atoms with E-state index in [1.165, 1.54) is 0 Å². The van der Waals surface area contributed by atoms with Crippen molar-refractivity contribution in [3.05, 3.63) is 48.7 Å². The summed E-state index contributed by atoms with van der Waals surface area (Å²) in [5.74, 6) is 2.51. The Bertz CT molecular complexity index is 944. The number of hydrogen-bond donors (Lipinski definition) is 3. The van der Waals surface area contributed by atoms with Crippen LogP contribution in [0.1, 0.15) is 13.8 Å². The van der Waals surface area contributed by atoms with Crippen molar-refractivity contribution in [2.45, 2.75) is 19.9 Å². The van der Waals surface area contributed by atoms with Gasteiger partial charge in [0.15, 0.2) is 0 Å². The molecule has 30 heavy (non-hydrogen) atoms. The number of ether oxygens (including phenoxy) is 2. The van der Waals surface area contributed by atoms with Gasteiger partial charge in [0.05, 0.1) is 38.3 Å². The molecule has 0 aliphatic heterocycles. The van der Waals surface area contributed by atoms with Gasteiger partial charge in [0, 0.05) is 36.1 Å². The summed E-state index contributed by atoms with van der Waals surface area (Å²) < 4.78 is 10.7. The number of aromatic nitrogens is 3. The van der Waals surface area contributed by atoms with Crippen molar-refractivity contribution in [3.63, 3.8) is 0 Å². The average molecular weight is 409 g/mol. The molecule has 0 unspecified atom stereocenters. The molecule has 1 atom stereocenters. The van der Waals surface area contributed by atoms with Crippen LogP contribution in [-0.4, -0.2) is 46.9 Å². The van der Waals surface area contributed by atoms with Gasteiger partial charge in [-0.15, -0.1) is 0 Å². The van der Waals surface area contributed by atoms with Crippen molar-refractivity contribution >= 4 is 17.5 Å². The minimum absolute atomic E-state index is 0.0231. The molecule has 1 aromatic carbocycles. The number of nitrogens with one attached hydrogen (secondary N) is 2. The van der Waals surface area contributed by atoms with Gasteiger partial charge in [-0.1, -0.05) is 19.9 Å². The highest BCUT2D eigenvalue weighted by atomic mass is 16.5. The summed E-state index contributed by atoms with van der Waals surface area (Å²) in [6.45, 7) is 4.03. The summed E-state index contributed by atoms with van der Waals surface area (Å²) in [5.41, 5.74) is 2.13. The number of nitrogens with zero attached hydrogens (tertiary/aromatic N) is 3. The van der Waals surface area contributed by atoms with Crippen LogP contribution < -0.4 is 20.1 Å². The third-order valence-electron chi connectivity index (χ3n) is 4.59. The maximum Gasteiger partial charge on any atom is 0.225 e. The lowest BCUT2D eigenvalue weighted by Gasteiger charge is -2.20. The zero-order valence-electron chi connectivity index (χ0n) is 17.6. The summed E-state index contributed by atoms with van der Waals surface area (Å²) in [5, 5.41) is 16.2. The number of pyridine rings is 1. The number of aliphatic hydroxyl groups excluding tert-OH is 1. The molecule has 0 amide bonds. The maximum absolute atomic E-state index is 9.69. The molecule has 0 aliphatic carbocycles. The molecule has 0 radical (unpaired) electrons. The van der Waals surface area contributed by atoms with Gasteiger partial charge >= 0.3 is 0 Å². The first-order valence-corrected chi connectivity index (χ1v) is 9.70. The lowest BCUT2D eigenvalue weighted by Crippen LogP contribution is -2.30. The molecule has 0 saturated carbocycles. The van der Waals surface area contributed by atoms with Gasteiger partial charge in [-0.3, -0.25) is 4.98 Å². The number of methoxy groups -OCH3 is 2. The second kappa shape index (κ2) is 9.89. The zero-order valence-corrected chi connectivity index (χ0v) is 17.6. The van der Waals surface area contributed by atoms with E-state index in [0.29, 0.717) is 29.0 Å². The van der Waals surface area contributed by atoms with Gasteiger partial charge in [-0.25, -0.2) is 4.98 Å². The van der Waals surface area contributed by atoms with Crippen molar-refractivity contribution in [1.82, 2.24) is 15.0 Å². The highest BCUT2D eigenvalue weighted by Gasteiger charge is 2.15. The van der Waals surface area contributed by atoms with E-state index in [1.807, 2.05) is 50.2 Å². The highest BCUT2D eigenvalue weighted by molar-refractivity contribution is 5.67. The van der Waals surface area contributed by atoms with E-state index in [0.717, 1.165) is 11.4 Å². The largest absolute Gasteiger partial charge is 0.497 e. The van der Waals surface area contributed by atoms with Crippen molar-refractivity contribution in [2.75, 3.05) is 31.5 Å². The Balaban J connectivity index is 1.99. The second-order valence-electron chi connectivity index (χ2n) is 7.08. The molecule has 8 heteroatoms. The van der Waals surface area contributed by atoms with Crippen molar-refractivity contribution in [3.8, 4) is 22.9 Å². The Labute approximate surface area is 176 Å². The van der Waals surface area contributed by atoms with E-state index in [4.69, 9.17) is 9.47 Å². The third-order valence-corrected chi connectivity index (χ3v) is 4.59. The SMILES string of the molecule is COc1cc(Nc2cc(-c3ccccn3)nc(N[C@H](CO)C(C)C)n2)cc(OC)c1. The standard InChI is InChI=1S/C22H27N5O3/c1-14(2)20(13-28)26-22-25-19(18-7-5-6-8-23-18)12-21(27-22)24-15-9-16(29-3)11-17(10-15)30-4/h5-12,14,20,28H,13H2,1-4H3,(H2,24,25,26,27)/t20-/m1/s1. The molecular weight excluding hydrogens is 382 g/mol. The first-order chi connectivity index (χ1) is 14.5. The van der Waals surface area contributed by atoms with Crippen LogP contribution in [0.5, 0.6) is 11.5 Å². The minimum Gasteiger partial charge on any atom is -0.497 e. The van der Waals surface area contributed by atoms with E-state index >= 15 is 0 Å². The normalized spacial score (nSPS) is 11.8. The molecule has 3 rings (SSSR count). The Hall–Kier alpha value is -3.39. The topological polar surface area (TPSA) is 101 Å². The van der Waals surface area contributed by atoms with Crippen LogP contribution >= 0.6 is 0 Å². The molecule has 0 bridgehead atoms. The molecule has 2 heterocycles. The summed E-state index contributed by atoms with van der Waals surface area (Å²) in [7, 11) is 3.21. The minimum atomic E-state index is -0.172. The Kier molecular flexibility index (Phi) is 7.03. The quantitative estimate of drug-likeness (QED) is 0.491. The van der Waals surface area contributed by atoms with Crippen molar-refractivity contribution in [2.24, 2.45) is 5.92 Å². The van der Waals surface area contributed by atoms with E-state index < -0.39 is 0 Å². The molecule has 0 fully saturated rings. The second-order valence-corrected chi connectivity index (χ2v) is 7.08. The van der Waals surface area contributed by atoms with E-state index in [9.17, 15) is 5.11 Å². The third kappa shape index (κ3) is 5.36. The lowest BCUT2D eigenvalue weighted by molar-refractivity contribution is 0.248. The van der Waals surface area contributed by atoms with Gasteiger partial charge in [0.25, 0.3) is 0 Å². The summed E-state index contributed by atoms with van der Waals surface area (Å²) in [4.78, 5) is 13.6. The number of rotatable bonds is 9. The fourth-order valence-corrected chi connectivity index (χ4v) is 2.84. The van der Waals surface area contributed by atoms with Gasteiger partial charge in [-0.05, 0) is 18.1 Å². The fraction of sp³-hybridized carbons (Fsp3) is 0.318. The van der Waals surface area contributed by atoms with Crippen LogP contribution in [0.25, 0.3) is 11.4 Å². The molecule has 0 aliphatic rings. The van der Waals surface area contributed by atoms with Crippen LogP contribution in [0.2, 0.25) is 0 Å². The van der Waals surface area contributed by atoms with Crippen LogP contribution in [0.4, 0.5) is 17.5 Å². The van der Waals surface area contributed by atoms with Crippen LogP contribution in [0.3, 0.4) is 0 Å². The molecule has 158 valence electrons. The number of hydrogen-bond acceptors (Lipinski definition) is 8. The average Bonchev–Trinajstić information content (AvgIpc) is 2.77. The first-order valence-electron chi connectivity index (χ1n) is 9.70. The van der Waals surface area contributed by atoms with Crippen LogP contribution in [-0.2, 0) is 0 Å². The van der Waals surface area contributed by atoms with E-state index in [1.54, 1.807) is 26.5 Å². The zero-order chi connectivity index (χ0) is 21.5.